The van der Waals surface area contributed by atoms with Gasteiger partial charge in [-0.2, -0.15) is 0 Å². The van der Waals surface area contributed by atoms with Gasteiger partial charge in [0.15, 0.2) is 5.82 Å². The number of hydrogen-bond acceptors (Lipinski definition) is 7. The molecule has 0 spiro atoms. The summed E-state index contributed by atoms with van der Waals surface area (Å²) in [6, 6.07) is 25.8. The van der Waals surface area contributed by atoms with Crippen LogP contribution in [-0.4, -0.2) is 33.6 Å². The Morgan fingerprint density at radius 2 is 1.86 bits per heavy atom. The highest BCUT2D eigenvalue weighted by Gasteiger charge is 2.20. The standard InChI is InChI=1S/C33H31N5O4/c1-3-4-8-29-32(26-7-5-6-9-27(26)42-29)33(39)34-19-21-10-16-25-23(18-21)13-17-28(41-20-30-35-37-38-36-30)31(25)22-11-14-24(40-2)15-12-22/h5-7,9-18H,3-4,8,19-20H2,1-2H3,(H,34,39)(H,35,36,37,38). The van der Waals surface area contributed by atoms with Crippen molar-refractivity contribution in [1.82, 2.24) is 25.9 Å². The van der Waals surface area contributed by atoms with E-state index in [2.05, 4.69) is 45.0 Å². The van der Waals surface area contributed by atoms with Crippen molar-refractivity contribution in [2.24, 2.45) is 0 Å². The summed E-state index contributed by atoms with van der Waals surface area (Å²) < 4.78 is 17.6. The summed E-state index contributed by atoms with van der Waals surface area (Å²) in [6.07, 6.45) is 2.72. The lowest BCUT2D eigenvalue weighted by molar-refractivity contribution is 0.0950. The quantitative estimate of drug-likeness (QED) is 0.182. The van der Waals surface area contributed by atoms with E-state index in [1.165, 1.54) is 0 Å². The molecule has 2 heterocycles. The summed E-state index contributed by atoms with van der Waals surface area (Å²) >= 11 is 0. The minimum Gasteiger partial charge on any atom is -0.497 e. The number of nitrogens with zero attached hydrogens (tertiary/aromatic N) is 3. The number of rotatable bonds is 11. The Balaban J connectivity index is 1.29. The maximum absolute atomic E-state index is 13.4. The molecular formula is C33H31N5O4. The van der Waals surface area contributed by atoms with Crippen molar-refractivity contribution in [3.05, 3.63) is 102 Å². The summed E-state index contributed by atoms with van der Waals surface area (Å²) in [6.45, 7) is 2.72. The summed E-state index contributed by atoms with van der Waals surface area (Å²) in [5, 5.41) is 19.9. The number of para-hydroxylation sites is 1. The molecule has 0 unspecified atom stereocenters. The average molecular weight is 562 g/mol. The van der Waals surface area contributed by atoms with E-state index in [1.807, 2.05) is 66.7 Å². The number of aromatic amines is 1. The van der Waals surface area contributed by atoms with Gasteiger partial charge in [-0.15, -0.1) is 5.10 Å². The van der Waals surface area contributed by atoms with Crippen LogP contribution in [0.1, 0.15) is 47.3 Å². The van der Waals surface area contributed by atoms with E-state index in [-0.39, 0.29) is 12.5 Å². The van der Waals surface area contributed by atoms with Crippen molar-refractivity contribution in [2.45, 2.75) is 39.3 Å². The second-order valence-electron chi connectivity index (χ2n) is 10.0. The van der Waals surface area contributed by atoms with Gasteiger partial charge in [0.25, 0.3) is 5.91 Å². The normalized spacial score (nSPS) is 11.2. The highest BCUT2D eigenvalue weighted by Crippen LogP contribution is 2.38. The van der Waals surface area contributed by atoms with E-state index >= 15 is 0 Å². The number of tetrazole rings is 1. The second kappa shape index (κ2) is 12.1. The zero-order valence-corrected chi connectivity index (χ0v) is 23.5. The molecule has 4 aromatic carbocycles. The second-order valence-corrected chi connectivity index (χ2v) is 10.0. The predicted molar refractivity (Wildman–Crippen MR) is 160 cm³/mol. The van der Waals surface area contributed by atoms with Gasteiger partial charge in [-0.1, -0.05) is 61.9 Å². The number of amides is 1. The molecule has 6 rings (SSSR count). The van der Waals surface area contributed by atoms with Crippen molar-refractivity contribution in [1.29, 1.82) is 0 Å². The molecule has 0 bridgehead atoms. The van der Waals surface area contributed by atoms with Crippen LogP contribution in [0.15, 0.2) is 83.3 Å². The number of benzene rings is 4. The Hall–Kier alpha value is -5.18. The molecule has 9 heteroatoms. The molecule has 2 aromatic heterocycles. The largest absolute Gasteiger partial charge is 0.497 e. The lowest BCUT2D eigenvalue weighted by atomic mass is 9.95. The Morgan fingerprint density at radius 1 is 1.00 bits per heavy atom. The van der Waals surface area contributed by atoms with Gasteiger partial charge in [-0.3, -0.25) is 4.79 Å². The molecule has 0 aliphatic rings. The van der Waals surface area contributed by atoms with Crippen molar-refractivity contribution in [3.8, 4) is 22.6 Å². The number of aryl methyl sites for hydroxylation is 1. The van der Waals surface area contributed by atoms with Crippen molar-refractivity contribution in [3.63, 3.8) is 0 Å². The molecule has 0 aliphatic heterocycles. The number of hydrogen-bond donors (Lipinski definition) is 2. The average Bonchev–Trinajstić information content (AvgIpc) is 3.69. The summed E-state index contributed by atoms with van der Waals surface area (Å²) in [7, 11) is 1.65. The number of unbranched alkanes of at least 4 members (excludes halogenated alkanes) is 1. The molecule has 0 atom stereocenters. The third-order valence-electron chi connectivity index (χ3n) is 7.28. The number of fused-ring (bicyclic) bond motifs is 2. The van der Waals surface area contributed by atoms with Gasteiger partial charge in [0, 0.05) is 23.9 Å². The zero-order valence-electron chi connectivity index (χ0n) is 23.5. The van der Waals surface area contributed by atoms with Gasteiger partial charge in [0.2, 0.25) is 0 Å². The highest BCUT2D eigenvalue weighted by molar-refractivity contribution is 6.07. The van der Waals surface area contributed by atoms with Crippen LogP contribution in [0.5, 0.6) is 11.5 Å². The fourth-order valence-electron chi connectivity index (χ4n) is 5.16. The SMILES string of the molecule is CCCCc1oc2ccccc2c1C(=O)NCc1ccc2c(-c3ccc(OC)cc3)c(OCc3nnn[nH]3)ccc2c1. The van der Waals surface area contributed by atoms with Crippen LogP contribution in [0.3, 0.4) is 0 Å². The van der Waals surface area contributed by atoms with E-state index in [1.54, 1.807) is 7.11 Å². The van der Waals surface area contributed by atoms with E-state index in [0.717, 1.165) is 69.2 Å². The lowest BCUT2D eigenvalue weighted by Gasteiger charge is -2.15. The van der Waals surface area contributed by atoms with Gasteiger partial charge in [-0.25, -0.2) is 5.10 Å². The van der Waals surface area contributed by atoms with E-state index in [4.69, 9.17) is 13.9 Å². The van der Waals surface area contributed by atoms with Crippen LogP contribution in [0.4, 0.5) is 0 Å². The highest BCUT2D eigenvalue weighted by atomic mass is 16.5. The Morgan fingerprint density at radius 3 is 2.64 bits per heavy atom. The van der Waals surface area contributed by atoms with Gasteiger partial charge in [0.1, 0.15) is 29.4 Å². The van der Waals surface area contributed by atoms with Crippen LogP contribution in [0.25, 0.3) is 32.9 Å². The first-order valence-electron chi connectivity index (χ1n) is 14.0. The van der Waals surface area contributed by atoms with Gasteiger partial charge in [-0.05, 0) is 69.1 Å². The van der Waals surface area contributed by atoms with Crippen LogP contribution >= 0.6 is 0 Å². The number of H-pyrrole nitrogens is 1. The molecule has 1 amide bonds. The third-order valence-corrected chi connectivity index (χ3v) is 7.28. The minimum atomic E-state index is -0.129. The molecule has 0 radical (unpaired) electrons. The zero-order chi connectivity index (χ0) is 28.9. The number of methoxy groups -OCH3 is 1. The van der Waals surface area contributed by atoms with Crippen molar-refractivity contribution >= 4 is 27.6 Å². The number of carbonyl (C=O) groups is 1. The van der Waals surface area contributed by atoms with Crippen LogP contribution in [-0.2, 0) is 19.6 Å². The Labute approximate surface area is 242 Å². The number of carbonyl (C=O) groups excluding carboxylic acids is 1. The van der Waals surface area contributed by atoms with Gasteiger partial charge >= 0.3 is 0 Å². The maximum atomic E-state index is 13.4. The monoisotopic (exact) mass is 561 g/mol. The molecule has 0 saturated carbocycles. The first-order valence-corrected chi connectivity index (χ1v) is 14.0. The topological polar surface area (TPSA) is 115 Å². The molecule has 6 aromatic rings. The van der Waals surface area contributed by atoms with E-state index in [9.17, 15) is 4.79 Å². The Kier molecular flexibility index (Phi) is 7.81. The molecule has 0 saturated heterocycles. The number of ether oxygens (including phenoxy) is 2. The summed E-state index contributed by atoms with van der Waals surface area (Å²) in [5.74, 6) is 2.62. The number of nitrogens with one attached hydrogen (secondary N) is 2. The smallest absolute Gasteiger partial charge is 0.255 e. The van der Waals surface area contributed by atoms with Crippen LogP contribution < -0.4 is 14.8 Å². The van der Waals surface area contributed by atoms with Gasteiger partial charge < -0.3 is 19.2 Å². The van der Waals surface area contributed by atoms with E-state index in [0.29, 0.717) is 23.7 Å². The number of furan rings is 1. The fourth-order valence-corrected chi connectivity index (χ4v) is 5.16. The third kappa shape index (κ3) is 5.54. The molecule has 2 N–H and O–H groups in total. The van der Waals surface area contributed by atoms with Crippen LogP contribution in [0, 0.1) is 0 Å². The van der Waals surface area contributed by atoms with Crippen molar-refractivity contribution < 1.29 is 18.7 Å². The van der Waals surface area contributed by atoms with Crippen molar-refractivity contribution in [2.75, 3.05) is 7.11 Å². The molecule has 0 fully saturated rings. The minimum absolute atomic E-state index is 0.129. The molecule has 42 heavy (non-hydrogen) atoms. The van der Waals surface area contributed by atoms with E-state index < -0.39 is 0 Å². The number of aromatic nitrogens is 4. The van der Waals surface area contributed by atoms with Crippen LogP contribution in [0.2, 0.25) is 0 Å². The maximum Gasteiger partial charge on any atom is 0.255 e. The molecule has 0 aliphatic carbocycles. The Bertz CT molecular complexity index is 1830. The lowest BCUT2D eigenvalue weighted by Crippen LogP contribution is -2.23. The summed E-state index contributed by atoms with van der Waals surface area (Å²) in [4.78, 5) is 13.4. The first-order chi connectivity index (χ1) is 20.6. The molecule has 212 valence electrons. The summed E-state index contributed by atoms with van der Waals surface area (Å²) in [5.41, 5.74) is 4.29. The molecule has 9 nitrogen and oxygen atoms in total. The molecular weight excluding hydrogens is 530 g/mol. The van der Waals surface area contributed by atoms with Gasteiger partial charge in [0.05, 0.1) is 12.7 Å². The predicted octanol–water partition coefficient (Wildman–Crippen LogP) is 6.63. The fraction of sp³-hybridized carbons (Fsp3) is 0.212. The first kappa shape index (κ1) is 27.0.